The highest BCUT2D eigenvalue weighted by molar-refractivity contribution is 9.10. The van der Waals surface area contributed by atoms with E-state index in [4.69, 9.17) is 4.74 Å². The summed E-state index contributed by atoms with van der Waals surface area (Å²) < 4.78 is 6.59. The number of benzene rings is 2. The Morgan fingerprint density at radius 2 is 1.85 bits per heavy atom. The largest absolute Gasteiger partial charge is 0.494 e. The van der Waals surface area contributed by atoms with Gasteiger partial charge in [-0.05, 0) is 66.0 Å². The van der Waals surface area contributed by atoms with Crippen LogP contribution >= 0.6 is 15.9 Å². The normalized spacial score (nSPS) is 12.0. The second kappa shape index (κ2) is 6.80. The van der Waals surface area contributed by atoms with Gasteiger partial charge >= 0.3 is 0 Å². The van der Waals surface area contributed by atoms with Crippen LogP contribution in [0.1, 0.15) is 31.0 Å². The Morgan fingerprint density at radius 3 is 2.50 bits per heavy atom. The Kier molecular flexibility index (Phi) is 5.07. The lowest BCUT2D eigenvalue weighted by Gasteiger charge is -2.18. The monoisotopic (exact) mass is 333 g/mol. The summed E-state index contributed by atoms with van der Waals surface area (Å²) in [5.74, 6) is 0.917. The molecular formula is C17H20BrNO. The average molecular weight is 334 g/mol. The van der Waals surface area contributed by atoms with Crippen LogP contribution in [0.5, 0.6) is 5.75 Å². The summed E-state index contributed by atoms with van der Waals surface area (Å²) >= 11 is 3.63. The van der Waals surface area contributed by atoms with Crippen molar-refractivity contribution in [3.63, 3.8) is 0 Å². The summed E-state index contributed by atoms with van der Waals surface area (Å²) in [7, 11) is 0. The van der Waals surface area contributed by atoms with Gasteiger partial charge in [0.05, 0.1) is 6.61 Å². The zero-order valence-electron chi connectivity index (χ0n) is 12.1. The minimum Gasteiger partial charge on any atom is -0.494 e. The van der Waals surface area contributed by atoms with Crippen molar-refractivity contribution < 1.29 is 4.74 Å². The van der Waals surface area contributed by atoms with Crippen molar-refractivity contribution in [3.05, 3.63) is 58.1 Å². The van der Waals surface area contributed by atoms with E-state index in [2.05, 4.69) is 65.4 Å². The van der Waals surface area contributed by atoms with Crippen molar-refractivity contribution in [2.24, 2.45) is 0 Å². The Labute approximate surface area is 129 Å². The summed E-state index contributed by atoms with van der Waals surface area (Å²) in [6, 6.07) is 14.7. The molecule has 0 amide bonds. The molecule has 3 heteroatoms. The fraction of sp³-hybridized carbons (Fsp3) is 0.294. The smallest absolute Gasteiger partial charge is 0.119 e. The molecule has 2 aromatic carbocycles. The van der Waals surface area contributed by atoms with Crippen molar-refractivity contribution >= 4 is 21.6 Å². The predicted octanol–water partition coefficient (Wildman–Crippen LogP) is 5.33. The zero-order valence-corrected chi connectivity index (χ0v) is 13.7. The van der Waals surface area contributed by atoms with Gasteiger partial charge in [-0.3, -0.25) is 0 Å². The molecule has 1 N–H and O–H groups in total. The lowest BCUT2D eigenvalue weighted by molar-refractivity contribution is 0.340. The Bertz CT molecular complexity index is 566. The molecule has 1 atom stereocenters. The maximum atomic E-state index is 5.47. The third-order valence-corrected chi connectivity index (χ3v) is 4.31. The summed E-state index contributed by atoms with van der Waals surface area (Å²) in [5, 5.41) is 3.53. The quantitative estimate of drug-likeness (QED) is 0.798. The zero-order chi connectivity index (χ0) is 14.5. The summed E-state index contributed by atoms with van der Waals surface area (Å²) in [6.07, 6.45) is 0. The van der Waals surface area contributed by atoms with Crippen LogP contribution in [0.15, 0.2) is 46.9 Å². The molecule has 0 heterocycles. The first-order chi connectivity index (χ1) is 9.61. The van der Waals surface area contributed by atoms with Crippen LogP contribution in [0, 0.1) is 6.92 Å². The van der Waals surface area contributed by atoms with E-state index in [-0.39, 0.29) is 6.04 Å². The number of halogens is 1. The van der Waals surface area contributed by atoms with Gasteiger partial charge in [-0.15, -0.1) is 0 Å². The van der Waals surface area contributed by atoms with Gasteiger partial charge in [0.25, 0.3) is 0 Å². The van der Waals surface area contributed by atoms with Gasteiger partial charge in [0.1, 0.15) is 5.75 Å². The molecule has 0 aliphatic carbocycles. The van der Waals surface area contributed by atoms with Gasteiger partial charge in [-0.1, -0.05) is 24.3 Å². The number of rotatable bonds is 5. The summed E-state index contributed by atoms with van der Waals surface area (Å²) in [6.45, 7) is 6.94. The van der Waals surface area contributed by atoms with E-state index >= 15 is 0 Å². The lowest BCUT2D eigenvalue weighted by Crippen LogP contribution is -2.07. The summed E-state index contributed by atoms with van der Waals surface area (Å²) in [5.41, 5.74) is 3.59. The Morgan fingerprint density at radius 1 is 1.15 bits per heavy atom. The SMILES string of the molecule is CCOc1ccc(C(C)Nc2cccc(C)c2Br)cc1. The average Bonchev–Trinajstić information content (AvgIpc) is 2.45. The van der Waals surface area contributed by atoms with E-state index in [1.54, 1.807) is 0 Å². The molecular weight excluding hydrogens is 314 g/mol. The number of hydrogen-bond acceptors (Lipinski definition) is 2. The van der Waals surface area contributed by atoms with Gasteiger partial charge in [0.2, 0.25) is 0 Å². The standard InChI is InChI=1S/C17H20BrNO/c1-4-20-15-10-8-14(9-11-15)13(3)19-16-7-5-6-12(2)17(16)18/h5-11,13,19H,4H2,1-3H3. The van der Waals surface area contributed by atoms with Crippen LogP contribution in [-0.2, 0) is 0 Å². The molecule has 0 saturated carbocycles. The van der Waals surface area contributed by atoms with Gasteiger partial charge in [-0.2, -0.15) is 0 Å². The molecule has 0 bridgehead atoms. The molecule has 20 heavy (non-hydrogen) atoms. The maximum absolute atomic E-state index is 5.47. The first kappa shape index (κ1) is 14.9. The van der Waals surface area contributed by atoms with Gasteiger partial charge in [-0.25, -0.2) is 0 Å². The van der Waals surface area contributed by atoms with Crippen LogP contribution in [0.4, 0.5) is 5.69 Å². The molecule has 0 fully saturated rings. The molecule has 2 rings (SSSR count). The second-order valence-electron chi connectivity index (χ2n) is 4.80. The maximum Gasteiger partial charge on any atom is 0.119 e. The molecule has 0 radical (unpaired) electrons. The van der Waals surface area contributed by atoms with Crippen LogP contribution in [0.2, 0.25) is 0 Å². The van der Waals surface area contributed by atoms with E-state index in [1.807, 2.05) is 19.1 Å². The van der Waals surface area contributed by atoms with E-state index in [1.165, 1.54) is 11.1 Å². The number of nitrogens with one attached hydrogen (secondary N) is 1. The number of aryl methyl sites for hydroxylation is 1. The molecule has 2 nitrogen and oxygen atoms in total. The molecule has 0 aliphatic rings. The lowest BCUT2D eigenvalue weighted by atomic mass is 10.1. The van der Waals surface area contributed by atoms with Crippen molar-refractivity contribution in [3.8, 4) is 5.75 Å². The highest BCUT2D eigenvalue weighted by atomic mass is 79.9. The highest BCUT2D eigenvalue weighted by Gasteiger charge is 2.08. The fourth-order valence-electron chi connectivity index (χ4n) is 2.09. The van der Waals surface area contributed by atoms with Crippen LogP contribution < -0.4 is 10.1 Å². The van der Waals surface area contributed by atoms with Gasteiger partial charge in [0.15, 0.2) is 0 Å². The number of anilines is 1. The molecule has 2 aromatic rings. The fourth-order valence-corrected chi connectivity index (χ4v) is 2.47. The first-order valence-corrected chi connectivity index (χ1v) is 7.65. The Hall–Kier alpha value is -1.48. The van der Waals surface area contributed by atoms with E-state index in [9.17, 15) is 0 Å². The molecule has 106 valence electrons. The third kappa shape index (κ3) is 3.54. The Balaban J connectivity index is 2.11. The van der Waals surface area contributed by atoms with Crippen molar-refractivity contribution in [1.82, 2.24) is 0 Å². The topological polar surface area (TPSA) is 21.3 Å². The highest BCUT2D eigenvalue weighted by Crippen LogP contribution is 2.29. The van der Waals surface area contributed by atoms with Crippen LogP contribution in [0.25, 0.3) is 0 Å². The molecule has 1 unspecified atom stereocenters. The van der Waals surface area contributed by atoms with Crippen LogP contribution in [-0.4, -0.2) is 6.61 Å². The third-order valence-electron chi connectivity index (χ3n) is 3.25. The molecule has 0 aliphatic heterocycles. The molecule has 0 spiro atoms. The minimum absolute atomic E-state index is 0.240. The van der Waals surface area contributed by atoms with Gasteiger partial charge in [0, 0.05) is 16.2 Å². The number of hydrogen-bond donors (Lipinski definition) is 1. The minimum atomic E-state index is 0.240. The predicted molar refractivity (Wildman–Crippen MR) is 88.5 cm³/mol. The first-order valence-electron chi connectivity index (χ1n) is 6.86. The summed E-state index contributed by atoms with van der Waals surface area (Å²) in [4.78, 5) is 0. The van der Waals surface area contributed by atoms with Crippen LogP contribution in [0.3, 0.4) is 0 Å². The van der Waals surface area contributed by atoms with E-state index < -0.39 is 0 Å². The van der Waals surface area contributed by atoms with Crippen molar-refractivity contribution in [2.45, 2.75) is 26.8 Å². The number of ether oxygens (including phenoxy) is 1. The van der Waals surface area contributed by atoms with Crippen molar-refractivity contribution in [2.75, 3.05) is 11.9 Å². The van der Waals surface area contributed by atoms with E-state index in [0.717, 1.165) is 15.9 Å². The van der Waals surface area contributed by atoms with E-state index in [0.29, 0.717) is 6.61 Å². The molecule has 0 aromatic heterocycles. The molecule has 0 saturated heterocycles. The second-order valence-corrected chi connectivity index (χ2v) is 5.60. The van der Waals surface area contributed by atoms with Gasteiger partial charge < -0.3 is 10.1 Å². The van der Waals surface area contributed by atoms with Crippen molar-refractivity contribution in [1.29, 1.82) is 0 Å².